The predicted octanol–water partition coefficient (Wildman–Crippen LogP) is 3.28. The molecule has 1 unspecified atom stereocenters. The topological polar surface area (TPSA) is 86.8 Å². The summed E-state index contributed by atoms with van der Waals surface area (Å²) in [7, 11) is -3.85. The summed E-state index contributed by atoms with van der Waals surface area (Å²) in [6.45, 7) is 4.37. The van der Waals surface area contributed by atoms with E-state index in [9.17, 15) is 18.0 Å². The zero-order valence-corrected chi connectivity index (χ0v) is 20.1. The molecule has 2 aromatic rings. The number of halogens is 2. The number of benzene rings is 2. The Hall–Kier alpha value is -2.13. The van der Waals surface area contributed by atoms with Crippen LogP contribution in [0, 0.1) is 5.92 Å². The maximum Gasteiger partial charge on any atom is 0.251 e. The van der Waals surface area contributed by atoms with Crippen molar-refractivity contribution in [3.63, 3.8) is 0 Å². The van der Waals surface area contributed by atoms with Gasteiger partial charge in [-0.05, 0) is 36.2 Å². The maximum atomic E-state index is 13.1. The van der Waals surface area contributed by atoms with Crippen LogP contribution in [0.25, 0.3) is 0 Å². The molecule has 1 N–H and O–H groups in total. The highest BCUT2D eigenvalue weighted by Crippen LogP contribution is 2.28. The van der Waals surface area contributed by atoms with Crippen molar-refractivity contribution in [2.24, 2.45) is 5.92 Å². The van der Waals surface area contributed by atoms with Crippen LogP contribution in [0.4, 0.5) is 0 Å². The minimum atomic E-state index is -3.85. The second-order valence-corrected chi connectivity index (χ2v) is 10.6. The molecule has 3 rings (SSSR count). The summed E-state index contributed by atoms with van der Waals surface area (Å²) < 4.78 is 27.3. The molecule has 1 atom stereocenters. The summed E-state index contributed by atoms with van der Waals surface area (Å²) in [6.07, 6.45) is 0. The molecule has 0 bridgehead atoms. The van der Waals surface area contributed by atoms with Crippen LogP contribution < -0.4 is 5.32 Å². The monoisotopic (exact) mass is 497 g/mol. The molecule has 0 aliphatic carbocycles. The minimum absolute atomic E-state index is 0.0541. The van der Waals surface area contributed by atoms with E-state index < -0.39 is 16.1 Å². The lowest BCUT2D eigenvalue weighted by atomic mass is 10.0. The Morgan fingerprint density at radius 3 is 2.19 bits per heavy atom. The number of carbonyl (C=O) groups is 2. The molecule has 32 heavy (non-hydrogen) atoms. The molecule has 1 aliphatic heterocycles. The number of amides is 2. The summed E-state index contributed by atoms with van der Waals surface area (Å²) in [4.78, 5) is 27.2. The van der Waals surface area contributed by atoms with Gasteiger partial charge < -0.3 is 10.2 Å². The molecule has 0 saturated carbocycles. The second kappa shape index (κ2) is 10.2. The van der Waals surface area contributed by atoms with E-state index in [1.54, 1.807) is 29.2 Å². The lowest BCUT2D eigenvalue weighted by Gasteiger charge is -2.36. The number of nitrogens with zero attached hydrogens (tertiary/aromatic N) is 2. The van der Waals surface area contributed by atoms with Gasteiger partial charge in [-0.2, -0.15) is 4.31 Å². The van der Waals surface area contributed by atoms with Crippen LogP contribution in [0.3, 0.4) is 0 Å². The van der Waals surface area contributed by atoms with Gasteiger partial charge >= 0.3 is 0 Å². The lowest BCUT2D eigenvalue weighted by molar-refractivity contribution is -0.135. The average Bonchev–Trinajstić information content (AvgIpc) is 2.78. The molecular weight excluding hydrogens is 473 g/mol. The Balaban J connectivity index is 1.68. The molecule has 1 heterocycles. The number of rotatable bonds is 6. The van der Waals surface area contributed by atoms with Crippen molar-refractivity contribution in [1.82, 2.24) is 14.5 Å². The summed E-state index contributed by atoms with van der Waals surface area (Å²) >= 11 is 12.0. The smallest absolute Gasteiger partial charge is 0.251 e. The van der Waals surface area contributed by atoms with Crippen LogP contribution in [0.1, 0.15) is 24.2 Å². The highest BCUT2D eigenvalue weighted by molar-refractivity contribution is 7.89. The van der Waals surface area contributed by atoms with Gasteiger partial charge in [0.15, 0.2) is 0 Å². The van der Waals surface area contributed by atoms with Crippen molar-refractivity contribution in [2.45, 2.75) is 24.8 Å². The van der Waals surface area contributed by atoms with Crippen LogP contribution in [-0.2, 0) is 14.8 Å². The first-order valence-electron chi connectivity index (χ1n) is 10.2. The molecule has 0 spiro atoms. The van der Waals surface area contributed by atoms with Crippen LogP contribution in [0.2, 0.25) is 10.0 Å². The number of carbonyl (C=O) groups excluding carboxylic acids is 2. The summed E-state index contributed by atoms with van der Waals surface area (Å²) in [5.41, 5.74) is 0.472. The van der Waals surface area contributed by atoms with E-state index in [0.717, 1.165) is 0 Å². The van der Waals surface area contributed by atoms with Crippen molar-refractivity contribution in [3.05, 3.63) is 64.1 Å². The standard InChI is InChI=1S/C22H25Cl2N3O4S/c1-15(2)20(25-21(28)16-6-4-3-5-7-16)22(29)26-10-12-27(13-11-26)32(30,31)19-14-17(23)8-9-18(19)24/h3-9,14-15,20H,10-13H2,1-2H3,(H,25,28). The molecule has 0 aromatic heterocycles. The molecule has 1 fully saturated rings. The first-order chi connectivity index (χ1) is 15.1. The fourth-order valence-corrected chi connectivity index (χ4v) is 5.65. The number of sulfonamides is 1. The van der Waals surface area contributed by atoms with Gasteiger partial charge in [0, 0.05) is 36.8 Å². The maximum absolute atomic E-state index is 13.1. The van der Waals surface area contributed by atoms with Gasteiger partial charge in [-0.25, -0.2) is 8.42 Å². The van der Waals surface area contributed by atoms with Crippen molar-refractivity contribution < 1.29 is 18.0 Å². The van der Waals surface area contributed by atoms with Gasteiger partial charge in [0.05, 0.1) is 5.02 Å². The Morgan fingerprint density at radius 1 is 0.969 bits per heavy atom. The first kappa shape index (κ1) is 24.5. The normalized spacial score (nSPS) is 16.1. The third kappa shape index (κ3) is 5.43. The van der Waals surface area contributed by atoms with Crippen molar-refractivity contribution >= 4 is 45.0 Å². The van der Waals surface area contributed by atoms with Gasteiger partial charge in [0.1, 0.15) is 10.9 Å². The largest absolute Gasteiger partial charge is 0.340 e. The second-order valence-electron chi connectivity index (χ2n) is 7.87. The number of nitrogens with one attached hydrogen (secondary N) is 1. The van der Waals surface area contributed by atoms with Crippen LogP contribution in [-0.4, -0.2) is 61.7 Å². The van der Waals surface area contributed by atoms with Gasteiger partial charge in [-0.1, -0.05) is 55.2 Å². The van der Waals surface area contributed by atoms with Gasteiger partial charge in [-0.3, -0.25) is 9.59 Å². The molecule has 0 radical (unpaired) electrons. The van der Waals surface area contributed by atoms with E-state index >= 15 is 0 Å². The van der Waals surface area contributed by atoms with E-state index in [1.807, 2.05) is 19.9 Å². The van der Waals surface area contributed by atoms with Crippen LogP contribution in [0.15, 0.2) is 53.4 Å². The Bertz CT molecular complexity index is 1090. The van der Waals surface area contributed by atoms with Gasteiger partial charge in [0.25, 0.3) is 5.91 Å². The lowest BCUT2D eigenvalue weighted by Crippen LogP contribution is -2.57. The van der Waals surface area contributed by atoms with E-state index in [1.165, 1.54) is 22.5 Å². The zero-order valence-electron chi connectivity index (χ0n) is 17.8. The molecule has 1 aliphatic rings. The predicted molar refractivity (Wildman–Crippen MR) is 124 cm³/mol. The third-order valence-corrected chi connectivity index (χ3v) is 7.93. The Morgan fingerprint density at radius 2 is 1.59 bits per heavy atom. The molecule has 10 heteroatoms. The molecule has 1 saturated heterocycles. The van der Waals surface area contributed by atoms with E-state index in [-0.39, 0.29) is 58.9 Å². The molecule has 172 valence electrons. The highest BCUT2D eigenvalue weighted by atomic mass is 35.5. The fraction of sp³-hybridized carbons (Fsp3) is 0.364. The Kier molecular flexibility index (Phi) is 7.82. The average molecular weight is 498 g/mol. The first-order valence-corrected chi connectivity index (χ1v) is 12.4. The minimum Gasteiger partial charge on any atom is -0.340 e. The molecule has 2 amide bonds. The number of hydrogen-bond acceptors (Lipinski definition) is 4. The van der Waals surface area contributed by atoms with Gasteiger partial charge in [0.2, 0.25) is 15.9 Å². The Labute approximate surface area is 198 Å². The van der Waals surface area contributed by atoms with Crippen molar-refractivity contribution in [2.75, 3.05) is 26.2 Å². The number of piperazine rings is 1. The molecule has 7 nitrogen and oxygen atoms in total. The summed E-state index contributed by atoms with van der Waals surface area (Å²) in [6, 6.07) is 12.3. The number of hydrogen-bond donors (Lipinski definition) is 1. The van der Waals surface area contributed by atoms with Crippen LogP contribution in [0.5, 0.6) is 0 Å². The summed E-state index contributed by atoms with van der Waals surface area (Å²) in [5, 5.41) is 3.18. The SMILES string of the molecule is CC(C)C(NC(=O)c1ccccc1)C(=O)N1CCN(S(=O)(=O)c2cc(Cl)ccc2Cl)CC1. The van der Waals surface area contributed by atoms with Crippen LogP contribution >= 0.6 is 23.2 Å². The van der Waals surface area contributed by atoms with Crippen molar-refractivity contribution in [1.29, 1.82) is 0 Å². The highest BCUT2D eigenvalue weighted by Gasteiger charge is 2.35. The van der Waals surface area contributed by atoms with E-state index in [0.29, 0.717) is 5.56 Å². The third-order valence-electron chi connectivity index (χ3n) is 5.32. The van der Waals surface area contributed by atoms with Gasteiger partial charge in [-0.15, -0.1) is 0 Å². The fourth-order valence-electron chi connectivity index (χ4n) is 3.49. The zero-order chi connectivity index (χ0) is 23.5. The van der Waals surface area contributed by atoms with Crippen molar-refractivity contribution in [3.8, 4) is 0 Å². The molecular formula is C22H25Cl2N3O4S. The summed E-state index contributed by atoms with van der Waals surface area (Å²) in [5.74, 6) is -0.696. The quantitative estimate of drug-likeness (QED) is 0.663. The molecule has 2 aromatic carbocycles. The van der Waals surface area contributed by atoms with E-state index in [4.69, 9.17) is 23.2 Å². The van der Waals surface area contributed by atoms with E-state index in [2.05, 4.69) is 5.32 Å².